The van der Waals surface area contributed by atoms with Crippen molar-refractivity contribution in [3.05, 3.63) is 17.7 Å². The van der Waals surface area contributed by atoms with E-state index in [-0.39, 0.29) is 23.5 Å². The van der Waals surface area contributed by atoms with Crippen LogP contribution in [0.25, 0.3) is 0 Å². The maximum absolute atomic E-state index is 13.3. The Hall–Kier alpha value is -2.56. The maximum atomic E-state index is 13.3. The van der Waals surface area contributed by atoms with Gasteiger partial charge in [0.15, 0.2) is 24.0 Å². The predicted molar refractivity (Wildman–Crippen MR) is 104 cm³/mol. The molecule has 3 aliphatic heterocycles. The van der Waals surface area contributed by atoms with Gasteiger partial charge in [0.05, 0.1) is 31.6 Å². The number of fused-ring (bicyclic) bond motifs is 2. The number of carbonyl (C=O) groups is 2. The van der Waals surface area contributed by atoms with Crippen LogP contribution in [0.1, 0.15) is 36.0 Å². The van der Waals surface area contributed by atoms with Crippen LogP contribution in [0.15, 0.2) is 12.1 Å². The molecule has 2 unspecified atom stereocenters. The van der Waals surface area contributed by atoms with E-state index < -0.39 is 36.7 Å². The minimum Gasteiger partial charge on any atom is -0.493 e. The van der Waals surface area contributed by atoms with Crippen molar-refractivity contribution in [3.8, 4) is 11.5 Å². The van der Waals surface area contributed by atoms with E-state index in [9.17, 15) is 19.8 Å². The standard InChI is InChI=1S/C20H26N2O8/c1-27-14-9-11-12(10-15(14)28-2)22(20(25)26)19(30-16-5-3-4-8-29-16)17-13(23)6-7-21(17)18(11)24/h9-10,13,16-17,19,23H,3-8H2,1-2H3,(H,25,26)/t13-,16?,17-,19?/m0/s1. The third kappa shape index (κ3) is 3.44. The number of carbonyl (C=O) groups excluding carboxylic acids is 1. The van der Waals surface area contributed by atoms with E-state index in [1.54, 1.807) is 0 Å². The normalized spacial score (nSPS) is 28.6. The van der Waals surface area contributed by atoms with Gasteiger partial charge in [0.2, 0.25) is 0 Å². The molecule has 0 aromatic heterocycles. The second kappa shape index (κ2) is 8.29. The summed E-state index contributed by atoms with van der Waals surface area (Å²) in [5.74, 6) is 0.196. The summed E-state index contributed by atoms with van der Waals surface area (Å²) < 4.78 is 22.4. The second-order valence-corrected chi connectivity index (χ2v) is 7.54. The summed E-state index contributed by atoms with van der Waals surface area (Å²) in [7, 11) is 2.87. The van der Waals surface area contributed by atoms with Crippen LogP contribution in [-0.4, -0.2) is 79.1 Å². The lowest BCUT2D eigenvalue weighted by Gasteiger charge is -2.38. The quantitative estimate of drug-likeness (QED) is 0.752. The van der Waals surface area contributed by atoms with Crippen LogP contribution in [-0.2, 0) is 9.47 Å². The number of anilines is 1. The van der Waals surface area contributed by atoms with E-state index in [1.807, 2.05) is 0 Å². The Labute approximate surface area is 173 Å². The van der Waals surface area contributed by atoms with Gasteiger partial charge in [-0.1, -0.05) is 0 Å². The average molecular weight is 422 g/mol. The molecule has 1 aromatic carbocycles. The van der Waals surface area contributed by atoms with Crippen LogP contribution in [0.2, 0.25) is 0 Å². The van der Waals surface area contributed by atoms with Gasteiger partial charge in [-0.15, -0.1) is 0 Å². The Kier molecular flexibility index (Phi) is 5.72. The molecule has 1 aromatic rings. The van der Waals surface area contributed by atoms with Crippen LogP contribution in [0.3, 0.4) is 0 Å². The first kappa shape index (κ1) is 20.7. The minimum atomic E-state index is -1.31. The summed E-state index contributed by atoms with van der Waals surface area (Å²) in [6.07, 6.45) is -1.24. The maximum Gasteiger partial charge on any atom is 0.414 e. The molecular weight excluding hydrogens is 396 g/mol. The van der Waals surface area contributed by atoms with Gasteiger partial charge < -0.3 is 34.1 Å². The summed E-state index contributed by atoms with van der Waals surface area (Å²) in [4.78, 5) is 28.2. The van der Waals surface area contributed by atoms with Gasteiger partial charge in [-0.2, -0.15) is 0 Å². The molecule has 2 saturated heterocycles. The van der Waals surface area contributed by atoms with Gasteiger partial charge in [0.25, 0.3) is 5.91 Å². The topological polar surface area (TPSA) is 118 Å². The second-order valence-electron chi connectivity index (χ2n) is 7.54. The fourth-order valence-electron chi connectivity index (χ4n) is 4.39. The summed E-state index contributed by atoms with van der Waals surface area (Å²) >= 11 is 0. The van der Waals surface area contributed by atoms with Crippen LogP contribution in [0.5, 0.6) is 11.5 Å². The molecule has 4 atom stereocenters. The van der Waals surface area contributed by atoms with Gasteiger partial charge in [0.1, 0.15) is 6.04 Å². The fourth-order valence-corrected chi connectivity index (χ4v) is 4.39. The number of aliphatic hydroxyl groups is 1. The lowest BCUT2D eigenvalue weighted by molar-refractivity contribution is -0.199. The van der Waals surface area contributed by atoms with E-state index in [0.29, 0.717) is 25.2 Å². The van der Waals surface area contributed by atoms with Crippen molar-refractivity contribution >= 4 is 17.7 Å². The fraction of sp³-hybridized carbons (Fsp3) is 0.600. The first-order chi connectivity index (χ1) is 14.5. The Bertz CT molecular complexity index is 825. The zero-order chi connectivity index (χ0) is 21.4. The molecule has 4 rings (SSSR count). The van der Waals surface area contributed by atoms with Gasteiger partial charge in [-0.05, 0) is 31.7 Å². The third-order valence-electron chi connectivity index (χ3n) is 5.85. The number of benzene rings is 1. The number of nitrogens with zero attached hydrogens (tertiary/aromatic N) is 2. The largest absolute Gasteiger partial charge is 0.493 e. The van der Waals surface area contributed by atoms with Gasteiger partial charge in [0, 0.05) is 19.2 Å². The summed E-state index contributed by atoms with van der Waals surface area (Å²) in [5, 5.41) is 20.8. The van der Waals surface area contributed by atoms with Crippen molar-refractivity contribution in [3.63, 3.8) is 0 Å². The Balaban J connectivity index is 1.85. The molecule has 0 saturated carbocycles. The SMILES string of the molecule is COc1cc2c(cc1OC)N(C(=O)O)C(OC1CCCCO1)[C@@H]1[C@@H](O)CCN1C2=O. The highest BCUT2D eigenvalue weighted by Gasteiger charge is 2.51. The molecule has 30 heavy (non-hydrogen) atoms. The summed E-state index contributed by atoms with van der Waals surface area (Å²) in [6, 6.07) is 2.06. The van der Waals surface area contributed by atoms with Crippen LogP contribution < -0.4 is 14.4 Å². The molecule has 0 spiro atoms. The van der Waals surface area contributed by atoms with E-state index >= 15 is 0 Å². The molecule has 2 fully saturated rings. The first-order valence-electron chi connectivity index (χ1n) is 10.0. The average Bonchev–Trinajstić information content (AvgIpc) is 3.09. The van der Waals surface area contributed by atoms with Crippen molar-refractivity contribution < 1.29 is 38.7 Å². The molecule has 2 N–H and O–H groups in total. The minimum absolute atomic E-state index is 0.118. The number of methoxy groups -OCH3 is 2. The van der Waals surface area contributed by atoms with Gasteiger partial charge in [-0.3, -0.25) is 4.79 Å². The Morgan fingerprint density at radius 2 is 1.90 bits per heavy atom. The Morgan fingerprint density at radius 1 is 1.17 bits per heavy atom. The van der Waals surface area contributed by atoms with E-state index in [2.05, 4.69) is 0 Å². The Morgan fingerprint density at radius 3 is 2.53 bits per heavy atom. The third-order valence-corrected chi connectivity index (χ3v) is 5.85. The monoisotopic (exact) mass is 422 g/mol. The number of aliphatic hydroxyl groups excluding tert-OH is 1. The highest BCUT2D eigenvalue weighted by atomic mass is 16.7. The molecule has 2 amide bonds. The van der Waals surface area contributed by atoms with Crippen LogP contribution >= 0.6 is 0 Å². The molecule has 0 aliphatic carbocycles. The number of carboxylic acid groups (broad SMARTS) is 1. The van der Waals surface area contributed by atoms with E-state index in [4.69, 9.17) is 18.9 Å². The van der Waals surface area contributed by atoms with E-state index in [1.165, 1.54) is 31.3 Å². The number of hydrogen-bond acceptors (Lipinski definition) is 7. The van der Waals surface area contributed by atoms with E-state index in [0.717, 1.165) is 17.7 Å². The summed E-state index contributed by atoms with van der Waals surface area (Å²) in [5.41, 5.74) is 0.261. The number of ether oxygens (including phenoxy) is 4. The molecule has 164 valence electrons. The molecule has 0 bridgehead atoms. The van der Waals surface area contributed by atoms with Crippen molar-refractivity contribution in [2.24, 2.45) is 0 Å². The summed E-state index contributed by atoms with van der Waals surface area (Å²) in [6.45, 7) is 0.805. The first-order valence-corrected chi connectivity index (χ1v) is 10.0. The number of amides is 2. The lowest BCUT2D eigenvalue weighted by atomic mass is 10.1. The van der Waals surface area contributed by atoms with Crippen molar-refractivity contribution in [2.75, 3.05) is 32.3 Å². The molecule has 3 aliphatic rings. The number of rotatable bonds is 4. The molecular formula is C20H26N2O8. The van der Waals surface area contributed by atoms with Crippen molar-refractivity contribution in [2.45, 2.75) is 50.3 Å². The van der Waals surface area contributed by atoms with Crippen molar-refractivity contribution in [1.82, 2.24) is 4.90 Å². The number of hydrogen-bond donors (Lipinski definition) is 2. The molecule has 3 heterocycles. The molecule has 10 nitrogen and oxygen atoms in total. The molecule has 0 radical (unpaired) electrons. The lowest BCUT2D eigenvalue weighted by Crippen LogP contribution is -2.56. The predicted octanol–water partition coefficient (Wildman–Crippen LogP) is 1.65. The zero-order valence-corrected chi connectivity index (χ0v) is 16.9. The van der Waals surface area contributed by atoms with Crippen molar-refractivity contribution in [1.29, 1.82) is 0 Å². The van der Waals surface area contributed by atoms with Crippen LogP contribution in [0.4, 0.5) is 10.5 Å². The van der Waals surface area contributed by atoms with Gasteiger partial charge in [-0.25, -0.2) is 9.69 Å². The molecule has 10 heteroatoms. The zero-order valence-electron chi connectivity index (χ0n) is 16.9. The highest BCUT2D eigenvalue weighted by Crippen LogP contribution is 2.42. The smallest absolute Gasteiger partial charge is 0.414 e. The van der Waals surface area contributed by atoms with Crippen LogP contribution in [0, 0.1) is 0 Å². The highest BCUT2D eigenvalue weighted by molar-refractivity contribution is 6.05. The van der Waals surface area contributed by atoms with Gasteiger partial charge >= 0.3 is 6.09 Å².